The van der Waals surface area contributed by atoms with E-state index in [1.165, 1.54) is 5.69 Å². The van der Waals surface area contributed by atoms with Crippen LogP contribution in [0.2, 0.25) is 0 Å². The van der Waals surface area contributed by atoms with E-state index >= 15 is 0 Å². The van der Waals surface area contributed by atoms with Gasteiger partial charge in [-0.3, -0.25) is 4.99 Å². The van der Waals surface area contributed by atoms with Crippen LogP contribution >= 0.6 is 24.0 Å². The molecule has 1 aliphatic heterocycles. The van der Waals surface area contributed by atoms with Gasteiger partial charge in [0, 0.05) is 52.1 Å². The lowest BCUT2D eigenvalue weighted by molar-refractivity contribution is 0.151. The number of aliphatic imine (C=N–C) groups is 1. The van der Waals surface area contributed by atoms with Crippen LogP contribution < -0.4 is 15.0 Å². The Morgan fingerprint density at radius 1 is 1.17 bits per heavy atom. The molecule has 136 valence electrons. The molecule has 0 radical (unpaired) electrons. The molecule has 1 fully saturated rings. The van der Waals surface area contributed by atoms with E-state index in [9.17, 15) is 0 Å². The highest BCUT2D eigenvalue weighted by molar-refractivity contribution is 14.0. The summed E-state index contributed by atoms with van der Waals surface area (Å²) in [6.45, 7) is 8.15. The van der Waals surface area contributed by atoms with Crippen molar-refractivity contribution in [3.8, 4) is 5.75 Å². The topological polar surface area (TPSA) is 49.3 Å². The minimum absolute atomic E-state index is 0. The summed E-state index contributed by atoms with van der Waals surface area (Å²) >= 11 is 0. The van der Waals surface area contributed by atoms with E-state index in [0.717, 1.165) is 51.0 Å². The number of ether oxygens (including phenoxy) is 2. The molecule has 1 saturated heterocycles. The number of benzene rings is 1. The SMILES string of the molecule is CCOCCNC(=NC)N1CCN(c2ccc(OC)cc2)CC1.I. The molecule has 0 saturated carbocycles. The molecule has 1 N–H and O–H groups in total. The van der Waals surface area contributed by atoms with Crippen molar-refractivity contribution in [2.75, 3.05) is 65.0 Å². The van der Waals surface area contributed by atoms with Crippen molar-refractivity contribution >= 4 is 35.6 Å². The zero-order valence-corrected chi connectivity index (χ0v) is 17.2. The molecule has 0 aliphatic carbocycles. The van der Waals surface area contributed by atoms with Crippen LogP contribution in [0, 0.1) is 0 Å². The van der Waals surface area contributed by atoms with Crippen molar-refractivity contribution in [3.05, 3.63) is 24.3 Å². The number of nitrogens with zero attached hydrogens (tertiary/aromatic N) is 3. The molecular weight excluding hydrogens is 419 g/mol. The van der Waals surface area contributed by atoms with Crippen molar-refractivity contribution in [2.24, 2.45) is 4.99 Å². The quantitative estimate of drug-likeness (QED) is 0.313. The van der Waals surface area contributed by atoms with E-state index in [1.54, 1.807) is 7.11 Å². The van der Waals surface area contributed by atoms with E-state index in [4.69, 9.17) is 9.47 Å². The molecule has 0 unspecified atom stereocenters. The minimum Gasteiger partial charge on any atom is -0.497 e. The van der Waals surface area contributed by atoms with E-state index in [-0.39, 0.29) is 24.0 Å². The van der Waals surface area contributed by atoms with Gasteiger partial charge in [-0.25, -0.2) is 0 Å². The third-order valence-corrected chi connectivity index (χ3v) is 3.96. The van der Waals surface area contributed by atoms with Gasteiger partial charge in [0.2, 0.25) is 0 Å². The number of methoxy groups -OCH3 is 1. The molecule has 1 aromatic carbocycles. The molecular formula is C17H29IN4O2. The van der Waals surface area contributed by atoms with Gasteiger partial charge >= 0.3 is 0 Å². The average molecular weight is 448 g/mol. The Balaban J connectivity index is 0.00000288. The summed E-state index contributed by atoms with van der Waals surface area (Å²) in [7, 11) is 3.52. The molecule has 0 aromatic heterocycles. The lowest BCUT2D eigenvalue weighted by atomic mass is 10.2. The first-order chi connectivity index (χ1) is 11.3. The molecule has 0 atom stereocenters. The van der Waals surface area contributed by atoms with Gasteiger partial charge in [-0.1, -0.05) is 0 Å². The van der Waals surface area contributed by atoms with Gasteiger partial charge in [0.15, 0.2) is 5.96 Å². The van der Waals surface area contributed by atoms with E-state index < -0.39 is 0 Å². The molecule has 1 aromatic rings. The maximum atomic E-state index is 5.36. The number of anilines is 1. The smallest absolute Gasteiger partial charge is 0.193 e. The van der Waals surface area contributed by atoms with E-state index in [2.05, 4.69) is 32.2 Å². The average Bonchev–Trinajstić information content (AvgIpc) is 2.62. The largest absolute Gasteiger partial charge is 0.497 e. The first-order valence-corrected chi connectivity index (χ1v) is 8.20. The fraction of sp³-hybridized carbons (Fsp3) is 0.588. The molecule has 0 bridgehead atoms. The summed E-state index contributed by atoms with van der Waals surface area (Å²) in [5, 5.41) is 3.36. The Hall–Kier alpha value is -1.22. The molecule has 1 aliphatic rings. The van der Waals surface area contributed by atoms with Gasteiger partial charge in [-0.15, -0.1) is 24.0 Å². The highest BCUT2D eigenvalue weighted by atomic mass is 127. The van der Waals surface area contributed by atoms with Crippen molar-refractivity contribution in [1.82, 2.24) is 10.2 Å². The van der Waals surface area contributed by atoms with Gasteiger partial charge in [0.25, 0.3) is 0 Å². The van der Waals surface area contributed by atoms with Crippen molar-refractivity contribution in [3.63, 3.8) is 0 Å². The number of nitrogens with one attached hydrogen (secondary N) is 1. The van der Waals surface area contributed by atoms with Crippen molar-refractivity contribution in [2.45, 2.75) is 6.92 Å². The summed E-state index contributed by atoms with van der Waals surface area (Å²) in [4.78, 5) is 9.06. The summed E-state index contributed by atoms with van der Waals surface area (Å²) in [6, 6.07) is 8.25. The maximum absolute atomic E-state index is 5.36. The Labute approximate surface area is 162 Å². The number of guanidine groups is 1. The number of rotatable bonds is 6. The highest BCUT2D eigenvalue weighted by Gasteiger charge is 2.19. The van der Waals surface area contributed by atoms with Crippen LogP contribution in [0.1, 0.15) is 6.92 Å². The Morgan fingerprint density at radius 2 is 1.83 bits per heavy atom. The van der Waals surface area contributed by atoms with Crippen LogP contribution in [0.15, 0.2) is 29.3 Å². The van der Waals surface area contributed by atoms with Crippen LogP contribution in [0.25, 0.3) is 0 Å². The maximum Gasteiger partial charge on any atom is 0.193 e. The molecule has 1 heterocycles. The third-order valence-electron chi connectivity index (χ3n) is 3.96. The second-order valence-electron chi connectivity index (χ2n) is 5.34. The Kier molecular flexibility index (Phi) is 9.85. The predicted octanol–water partition coefficient (Wildman–Crippen LogP) is 2.05. The number of hydrogen-bond acceptors (Lipinski definition) is 4. The molecule has 2 rings (SSSR count). The lowest BCUT2D eigenvalue weighted by Gasteiger charge is -2.37. The van der Waals surface area contributed by atoms with Gasteiger partial charge in [-0.05, 0) is 31.2 Å². The zero-order valence-electron chi connectivity index (χ0n) is 14.8. The van der Waals surface area contributed by atoms with Crippen molar-refractivity contribution in [1.29, 1.82) is 0 Å². The second kappa shape index (κ2) is 11.4. The van der Waals surface area contributed by atoms with Crippen LogP contribution in [-0.4, -0.2) is 71.0 Å². The number of piperazine rings is 1. The monoisotopic (exact) mass is 448 g/mol. The fourth-order valence-electron chi connectivity index (χ4n) is 2.68. The standard InChI is InChI=1S/C17H28N4O2.HI/c1-4-23-14-9-19-17(18-2)21-12-10-20(11-13-21)15-5-7-16(22-3)8-6-15;/h5-8H,4,9-14H2,1-3H3,(H,18,19);1H. The molecule has 24 heavy (non-hydrogen) atoms. The second-order valence-corrected chi connectivity index (χ2v) is 5.34. The highest BCUT2D eigenvalue weighted by Crippen LogP contribution is 2.20. The van der Waals surface area contributed by atoms with Crippen LogP contribution in [-0.2, 0) is 4.74 Å². The predicted molar refractivity (Wildman–Crippen MR) is 110 cm³/mol. The van der Waals surface area contributed by atoms with Gasteiger partial charge < -0.3 is 24.6 Å². The molecule has 0 spiro atoms. The Morgan fingerprint density at radius 3 is 2.38 bits per heavy atom. The summed E-state index contributed by atoms with van der Waals surface area (Å²) in [5.74, 6) is 1.85. The Bertz CT molecular complexity index is 488. The van der Waals surface area contributed by atoms with Crippen LogP contribution in [0.3, 0.4) is 0 Å². The fourth-order valence-corrected chi connectivity index (χ4v) is 2.68. The van der Waals surface area contributed by atoms with Crippen LogP contribution in [0.4, 0.5) is 5.69 Å². The summed E-state index contributed by atoms with van der Waals surface area (Å²) < 4.78 is 10.6. The molecule has 7 heteroatoms. The van der Waals surface area contributed by atoms with E-state index in [1.807, 2.05) is 26.1 Å². The van der Waals surface area contributed by atoms with Gasteiger partial charge in [-0.2, -0.15) is 0 Å². The first-order valence-electron chi connectivity index (χ1n) is 8.20. The number of halogens is 1. The zero-order chi connectivity index (χ0) is 16.5. The number of hydrogen-bond donors (Lipinski definition) is 1. The lowest BCUT2D eigenvalue weighted by Crippen LogP contribution is -2.53. The summed E-state index contributed by atoms with van der Waals surface area (Å²) in [5.41, 5.74) is 1.24. The third kappa shape index (κ3) is 6.01. The van der Waals surface area contributed by atoms with E-state index in [0.29, 0.717) is 6.61 Å². The first kappa shape index (κ1) is 20.8. The van der Waals surface area contributed by atoms with Crippen molar-refractivity contribution < 1.29 is 9.47 Å². The normalized spacial score (nSPS) is 15.0. The van der Waals surface area contributed by atoms with Gasteiger partial charge in [0.05, 0.1) is 13.7 Å². The molecule has 6 nitrogen and oxygen atoms in total. The van der Waals surface area contributed by atoms with Crippen LogP contribution in [0.5, 0.6) is 5.75 Å². The van der Waals surface area contributed by atoms with Gasteiger partial charge in [0.1, 0.15) is 5.75 Å². The minimum atomic E-state index is 0. The summed E-state index contributed by atoms with van der Waals surface area (Å²) in [6.07, 6.45) is 0. The molecule has 0 amide bonds.